The molecule has 1 aliphatic heterocycles. The molecular formula is C23H26N6O2. The van der Waals surface area contributed by atoms with Crippen LogP contribution in [-0.4, -0.2) is 52.9 Å². The summed E-state index contributed by atoms with van der Waals surface area (Å²) >= 11 is 0. The van der Waals surface area contributed by atoms with Crippen molar-refractivity contribution in [2.45, 2.75) is 19.4 Å². The first-order chi connectivity index (χ1) is 15.2. The highest BCUT2D eigenvalue weighted by Gasteiger charge is 2.31. The molecule has 0 saturated heterocycles. The molecule has 2 aromatic carbocycles. The van der Waals surface area contributed by atoms with Gasteiger partial charge in [-0.1, -0.05) is 65.3 Å². The highest BCUT2D eigenvalue weighted by atomic mass is 16.5. The van der Waals surface area contributed by atoms with Gasteiger partial charge in [-0.25, -0.2) is 0 Å². The van der Waals surface area contributed by atoms with Crippen LogP contribution >= 0.6 is 0 Å². The third-order valence-corrected chi connectivity index (χ3v) is 5.22. The number of amides is 1. The van der Waals surface area contributed by atoms with E-state index in [0.717, 1.165) is 23.2 Å². The van der Waals surface area contributed by atoms with E-state index >= 15 is 0 Å². The van der Waals surface area contributed by atoms with E-state index in [2.05, 4.69) is 58.1 Å². The Hall–Kier alpha value is -3.52. The van der Waals surface area contributed by atoms with Crippen LogP contribution in [0.2, 0.25) is 0 Å². The first kappa shape index (κ1) is 20.7. The number of nitrogens with zero attached hydrogens (tertiary/aromatic N) is 5. The molecule has 1 aliphatic rings. The molecule has 3 aromatic rings. The number of carbonyl (C=O) groups is 1. The van der Waals surface area contributed by atoms with Gasteiger partial charge in [0, 0.05) is 20.3 Å². The van der Waals surface area contributed by atoms with Gasteiger partial charge in [-0.15, -0.1) is 0 Å². The van der Waals surface area contributed by atoms with Crippen molar-refractivity contribution in [3.63, 3.8) is 0 Å². The van der Waals surface area contributed by atoms with Gasteiger partial charge in [-0.2, -0.15) is 4.68 Å². The van der Waals surface area contributed by atoms with Gasteiger partial charge in [0.15, 0.2) is 0 Å². The summed E-state index contributed by atoms with van der Waals surface area (Å²) in [5, 5.41) is 15.3. The van der Waals surface area contributed by atoms with Gasteiger partial charge in [0.2, 0.25) is 5.91 Å². The van der Waals surface area contributed by atoms with E-state index in [0.29, 0.717) is 19.1 Å². The monoisotopic (exact) mass is 418 g/mol. The molecule has 4 rings (SSSR count). The largest absolute Gasteiger partial charge is 0.385 e. The van der Waals surface area contributed by atoms with E-state index in [1.54, 1.807) is 11.8 Å². The molecule has 0 fully saturated rings. The maximum atomic E-state index is 12.7. The molecule has 0 spiro atoms. The molecule has 1 N–H and O–H groups in total. The summed E-state index contributed by atoms with van der Waals surface area (Å²) in [6.07, 6.45) is 2.87. The number of hydrogen-bond donors (Lipinski definition) is 1. The molecule has 0 aliphatic carbocycles. The Balaban J connectivity index is 1.68. The lowest BCUT2D eigenvalue weighted by Crippen LogP contribution is -2.40. The van der Waals surface area contributed by atoms with Crippen LogP contribution in [-0.2, 0) is 9.53 Å². The van der Waals surface area contributed by atoms with Gasteiger partial charge in [0.05, 0.1) is 5.70 Å². The highest BCUT2D eigenvalue weighted by molar-refractivity contribution is 5.89. The third-order valence-electron chi connectivity index (χ3n) is 5.22. The number of rotatable bonds is 8. The van der Waals surface area contributed by atoms with Crippen molar-refractivity contribution in [2.24, 2.45) is 0 Å². The summed E-state index contributed by atoms with van der Waals surface area (Å²) in [4.78, 5) is 14.5. The molecule has 31 heavy (non-hydrogen) atoms. The van der Waals surface area contributed by atoms with E-state index < -0.39 is 0 Å². The summed E-state index contributed by atoms with van der Waals surface area (Å²) in [6.45, 7) is 3.34. The summed E-state index contributed by atoms with van der Waals surface area (Å²) in [5.74, 6) is 0.445. The van der Waals surface area contributed by atoms with Crippen molar-refractivity contribution in [3.05, 3.63) is 77.4 Å². The number of tetrazole rings is 1. The first-order valence-corrected chi connectivity index (χ1v) is 10.3. The Kier molecular flexibility index (Phi) is 6.37. The zero-order chi connectivity index (χ0) is 21.6. The Bertz CT molecular complexity index is 1050. The minimum atomic E-state index is -0.165. The van der Waals surface area contributed by atoms with Gasteiger partial charge >= 0.3 is 0 Å². The van der Waals surface area contributed by atoms with Crippen LogP contribution in [0.1, 0.15) is 29.2 Å². The van der Waals surface area contributed by atoms with Crippen LogP contribution in [0.5, 0.6) is 0 Å². The fourth-order valence-corrected chi connectivity index (χ4v) is 3.63. The Morgan fingerprint density at radius 3 is 2.65 bits per heavy atom. The molecule has 1 atom stereocenters. The predicted octanol–water partition coefficient (Wildman–Crippen LogP) is 2.58. The second-order valence-electron chi connectivity index (χ2n) is 7.48. The summed E-state index contributed by atoms with van der Waals surface area (Å²) in [5.41, 5.74) is 4.17. The van der Waals surface area contributed by atoms with Gasteiger partial charge in [0.1, 0.15) is 12.6 Å². The number of benzene rings is 2. The lowest BCUT2D eigenvalue weighted by molar-refractivity contribution is -0.119. The van der Waals surface area contributed by atoms with Crippen molar-refractivity contribution in [1.82, 2.24) is 25.5 Å². The first-order valence-electron chi connectivity index (χ1n) is 10.3. The van der Waals surface area contributed by atoms with Crippen molar-refractivity contribution >= 4 is 17.6 Å². The van der Waals surface area contributed by atoms with Gasteiger partial charge in [-0.05, 0) is 41.0 Å². The number of fused-ring (bicyclic) bond motifs is 1. The number of aromatic nitrogens is 4. The zero-order valence-electron chi connectivity index (χ0n) is 17.7. The molecule has 160 valence electrons. The smallest absolute Gasteiger partial charge is 0.251 e. The molecule has 1 amide bonds. The maximum Gasteiger partial charge on any atom is 0.251 e. The number of carbonyl (C=O) groups excluding carboxylic acids is 1. The number of allylic oxidation sites excluding steroid dienone is 1. The fourth-order valence-electron chi connectivity index (χ4n) is 3.63. The standard InChI is InChI=1S/C23H26N6O2/c1-17-9-11-19(12-10-17)21-15-20(18-7-4-3-5-8-18)28(23-25-26-27-29(21)23)16-22(30)24-13-6-14-31-2/h3-5,7-12,15,21H,6,13-14,16H2,1-2H3,(H,24,30). The lowest BCUT2D eigenvalue weighted by atomic mass is 10.00. The molecule has 2 heterocycles. The van der Waals surface area contributed by atoms with Crippen molar-refractivity contribution in [3.8, 4) is 0 Å². The van der Waals surface area contributed by atoms with Gasteiger partial charge in [-0.3, -0.25) is 9.69 Å². The highest BCUT2D eigenvalue weighted by Crippen LogP contribution is 2.35. The molecule has 0 saturated carbocycles. The quantitative estimate of drug-likeness (QED) is 0.566. The topological polar surface area (TPSA) is 85.2 Å². The van der Waals surface area contributed by atoms with Crippen molar-refractivity contribution in [1.29, 1.82) is 0 Å². The maximum absolute atomic E-state index is 12.7. The van der Waals surface area contributed by atoms with E-state index in [9.17, 15) is 4.79 Å². The van der Waals surface area contributed by atoms with E-state index in [1.807, 2.05) is 35.2 Å². The second kappa shape index (κ2) is 9.53. The average molecular weight is 419 g/mol. The number of ether oxygens (including phenoxy) is 1. The molecule has 1 aromatic heterocycles. The molecule has 1 unspecified atom stereocenters. The van der Waals surface area contributed by atoms with Crippen LogP contribution in [0.4, 0.5) is 5.95 Å². The summed E-state index contributed by atoms with van der Waals surface area (Å²) < 4.78 is 6.80. The fraction of sp³-hybridized carbons (Fsp3) is 0.304. The Labute approximate surface area is 181 Å². The van der Waals surface area contributed by atoms with E-state index in [-0.39, 0.29) is 18.5 Å². The van der Waals surface area contributed by atoms with Crippen LogP contribution in [0.3, 0.4) is 0 Å². The molecular weight excluding hydrogens is 392 g/mol. The summed E-state index contributed by atoms with van der Waals surface area (Å²) in [7, 11) is 1.65. The van der Waals surface area contributed by atoms with Crippen LogP contribution in [0.15, 0.2) is 60.7 Å². The SMILES string of the molecule is COCCCNC(=O)CN1C(c2ccccc2)=CC(c2ccc(C)cc2)n2nnnc21. The van der Waals surface area contributed by atoms with Crippen molar-refractivity contribution in [2.75, 3.05) is 31.7 Å². The normalized spacial score (nSPS) is 15.4. The minimum Gasteiger partial charge on any atom is -0.385 e. The molecule has 8 heteroatoms. The number of hydrogen-bond acceptors (Lipinski definition) is 6. The van der Waals surface area contributed by atoms with Gasteiger partial charge in [0.25, 0.3) is 5.95 Å². The zero-order valence-corrected chi connectivity index (χ0v) is 17.7. The van der Waals surface area contributed by atoms with E-state index in [1.165, 1.54) is 5.56 Å². The molecule has 0 radical (unpaired) electrons. The predicted molar refractivity (Wildman–Crippen MR) is 118 cm³/mol. The van der Waals surface area contributed by atoms with Crippen LogP contribution in [0.25, 0.3) is 5.70 Å². The number of methoxy groups -OCH3 is 1. The average Bonchev–Trinajstić information content (AvgIpc) is 3.28. The van der Waals surface area contributed by atoms with Crippen LogP contribution in [0, 0.1) is 6.92 Å². The molecule has 8 nitrogen and oxygen atoms in total. The number of aryl methyl sites for hydroxylation is 1. The Morgan fingerprint density at radius 1 is 1.13 bits per heavy atom. The van der Waals surface area contributed by atoms with Gasteiger partial charge < -0.3 is 10.1 Å². The van der Waals surface area contributed by atoms with Crippen LogP contribution < -0.4 is 10.2 Å². The summed E-state index contributed by atoms with van der Waals surface area (Å²) in [6, 6.07) is 18.2. The van der Waals surface area contributed by atoms with E-state index in [4.69, 9.17) is 4.74 Å². The van der Waals surface area contributed by atoms with Crippen molar-refractivity contribution < 1.29 is 9.53 Å². The lowest BCUT2D eigenvalue weighted by Gasteiger charge is -2.32. The number of nitrogens with one attached hydrogen (secondary N) is 1. The number of anilines is 1. The second-order valence-corrected chi connectivity index (χ2v) is 7.48. The third kappa shape index (κ3) is 4.64. The molecule has 0 bridgehead atoms. The Morgan fingerprint density at radius 2 is 1.90 bits per heavy atom. The minimum absolute atomic E-state index is 0.0960.